The van der Waals surface area contributed by atoms with Crippen LogP contribution in [0.2, 0.25) is 0 Å². The average Bonchev–Trinajstić information content (AvgIpc) is 3.00. The highest BCUT2D eigenvalue weighted by Crippen LogP contribution is 2.34. The molecule has 7 nitrogen and oxygen atoms in total. The molecule has 220 valence electrons. The van der Waals surface area contributed by atoms with Crippen LogP contribution < -0.4 is 14.8 Å². The van der Waals surface area contributed by atoms with Crippen molar-refractivity contribution in [3.05, 3.63) is 71.2 Å². The molecule has 0 saturated carbocycles. The maximum atomic E-state index is 14.3. The van der Waals surface area contributed by atoms with Crippen LogP contribution in [0.25, 0.3) is 11.3 Å². The predicted octanol–water partition coefficient (Wildman–Crippen LogP) is 6.59. The van der Waals surface area contributed by atoms with E-state index >= 15 is 0 Å². The van der Waals surface area contributed by atoms with Gasteiger partial charge < -0.3 is 19.7 Å². The van der Waals surface area contributed by atoms with Gasteiger partial charge in [-0.1, -0.05) is 19.9 Å². The van der Waals surface area contributed by atoms with Gasteiger partial charge in [-0.05, 0) is 75.1 Å². The molecule has 1 N–H and O–H groups in total. The second-order valence-corrected chi connectivity index (χ2v) is 11.0. The Morgan fingerprint density at radius 1 is 1.05 bits per heavy atom. The van der Waals surface area contributed by atoms with Crippen LogP contribution in [0.4, 0.5) is 10.1 Å². The zero-order chi connectivity index (χ0) is 29.5. The highest BCUT2D eigenvalue weighted by Gasteiger charge is 2.25. The Bertz CT molecular complexity index is 1340. The number of amides is 1. The topological polar surface area (TPSA) is 66.9 Å². The summed E-state index contributed by atoms with van der Waals surface area (Å²) in [4.78, 5) is 23.5. The van der Waals surface area contributed by atoms with E-state index in [0.717, 1.165) is 54.3 Å². The molecule has 0 fully saturated rings. The number of ether oxygens (including phenoxy) is 2. The zero-order valence-electron chi connectivity index (χ0n) is 25.2. The smallest absolute Gasteiger partial charge is 0.256 e. The van der Waals surface area contributed by atoms with Crippen LogP contribution in [0.3, 0.4) is 0 Å². The lowest BCUT2D eigenvalue weighted by Gasteiger charge is -2.30. The van der Waals surface area contributed by atoms with Crippen molar-refractivity contribution in [2.24, 2.45) is 0 Å². The van der Waals surface area contributed by atoms with Gasteiger partial charge >= 0.3 is 0 Å². The first-order valence-electron chi connectivity index (χ1n) is 14.6. The van der Waals surface area contributed by atoms with Crippen molar-refractivity contribution in [2.75, 3.05) is 45.2 Å². The highest BCUT2D eigenvalue weighted by molar-refractivity contribution is 5.96. The minimum absolute atomic E-state index is 0.0156. The van der Waals surface area contributed by atoms with Gasteiger partial charge in [0, 0.05) is 56.1 Å². The maximum absolute atomic E-state index is 14.3. The van der Waals surface area contributed by atoms with E-state index in [1.54, 1.807) is 13.2 Å². The Labute approximate surface area is 243 Å². The van der Waals surface area contributed by atoms with E-state index in [0.29, 0.717) is 42.8 Å². The van der Waals surface area contributed by atoms with Crippen LogP contribution in [0.5, 0.6) is 11.5 Å². The first kappa shape index (κ1) is 30.3. The lowest BCUT2D eigenvalue weighted by molar-refractivity contribution is 0.0710. The molecule has 0 spiro atoms. The Morgan fingerprint density at radius 3 is 2.56 bits per heavy atom. The largest absolute Gasteiger partial charge is 0.497 e. The summed E-state index contributed by atoms with van der Waals surface area (Å²) in [5.41, 5.74) is 4.54. The number of carbonyl (C=O) groups excluding carboxylic acids is 1. The zero-order valence-corrected chi connectivity index (χ0v) is 25.2. The van der Waals surface area contributed by atoms with Gasteiger partial charge in [0.25, 0.3) is 5.91 Å². The molecule has 4 rings (SSSR count). The van der Waals surface area contributed by atoms with Gasteiger partial charge in [0.15, 0.2) is 0 Å². The van der Waals surface area contributed by atoms with Crippen molar-refractivity contribution < 1.29 is 18.7 Å². The maximum Gasteiger partial charge on any atom is 0.256 e. The predicted molar refractivity (Wildman–Crippen MR) is 162 cm³/mol. The average molecular weight is 563 g/mol. The van der Waals surface area contributed by atoms with Crippen molar-refractivity contribution in [3.8, 4) is 22.8 Å². The number of nitrogens with zero attached hydrogens (tertiary/aromatic N) is 3. The second kappa shape index (κ2) is 13.8. The molecule has 0 bridgehead atoms. The van der Waals surface area contributed by atoms with Gasteiger partial charge in [0.1, 0.15) is 17.3 Å². The van der Waals surface area contributed by atoms with E-state index in [-0.39, 0.29) is 17.6 Å². The summed E-state index contributed by atoms with van der Waals surface area (Å²) >= 11 is 0. The molecule has 1 aromatic heterocycles. The minimum Gasteiger partial charge on any atom is -0.497 e. The van der Waals surface area contributed by atoms with E-state index in [1.165, 1.54) is 12.1 Å². The van der Waals surface area contributed by atoms with Crippen LogP contribution >= 0.6 is 0 Å². The Hall–Kier alpha value is -3.65. The molecule has 3 aromatic rings. The van der Waals surface area contributed by atoms with Crippen molar-refractivity contribution in [2.45, 2.75) is 59.5 Å². The molecule has 41 heavy (non-hydrogen) atoms. The van der Waals surface area contributed by atoms with E-state index in [1.807, 2.05) is 42.2 Å². The number of aromatic nitrogens is 1. The Morgan fingerprint density at radius 2 is 1.85 bits per heavy atom. The summed E-state index contributed by atoms with van der Waals surface area (Å²) in [7, 11) is 1.63. The number of rotatable bonds is 7. The molecular weight excluding hydrogens is 519 g/mol. The quantitative estimate of drug-likeness (QED) is 0.351. The molecule has 1 amide bonds. The first-order chi connectivity index (χ1) is 19.7. The second-order valence-electron chi connectivity index (χ2n) is 11.0. The highest BCUT2D eigenvalue weighted by atomic mass is 19.1. The molecule has 2 heterocycles. The number of anilines is 1. The molecule has 0 unspecified atom stereocenters. The van der Waals surface area contributed by atoms with Gasteiger partial charge in [-0.15, -0.1) is 0 Å². The van der Waals surface area contributed by atoms with E-state index in [4.69, 9.17) is 14.5 Å². The molecule has 8 heteroatoms. The van der Waals surface area contributed by atoms with Crippen LogP contribution in [-0.2, 0) is 6.54 Å². The number of halogens is 1. The Balaban J connectivity index is 1.73. The number of hydrogen-bond donors (Lipinski definition) is 1. The van der Waals surface area contributed by atoms with Crippen molar-refractivity contribution >= 4 is 11.6 Å². The molecular formula is C33H43FN4O3. The third kappa shape index (κ3) is 7.36. The third-order valence-corrected chi connectivity index (χ3v) is 7.51. The first-order valence-corrected chi connectivity index (χ1v) is 14.6. The molecule has 1 aliphatic heterocycles. The van der Waals surface area contributed by atoms with Crippen LogP contribution in [0, 0.1) is 5.82 Å². The molecule has 0 radical (unpaired) electrons. The lowest BCUT2D eigenvalue weighted by atomic mass is 9.99. The molecule has 0 saturated heterocycles. The van der Waals surface area contributed by atoms with Crippen LogP contribution in [0.15, 0.2) is 48.5 Å². The monoisotopic (exact) mass is 562 g/mol. The minimum atomic E-state index is -0.292. The van der Waals surface area contributed by atoms with E-state index < -0.39 is 0 Å². The van der Waals surface area contributed by atoms with Crippen molar-refractivity contribution in [1.29, 1.82) is 0 Å². The SMILES string of the molecule is CCOc1cc(OC)ccc1-c1ccc(C(=O)N2CCN(C(C)C)CCCNc3cc(F)ccc3C2)c(C(C)C)n1. The number of methoxy groups -OCH3 is 1. The third-order valence-electron chi connectivity index (χ3n) is 7.51. The van der Waals surface area contributed by atoms with Gasteiger partial charge in [-0.3, -0.25) is 14.7 Å². The fraction of sp³-hybridized carbons (Fsp3) is 0.455. The fourth-order valence-corrected chi connectivity index (χ4v) is 5.22. The Kier molecular flexibility index (Phi) is 10.2. The number of benzene rings is 2. The number of carbonyl (C=O) groups is 1. The van der Waals surface area contributed by atoms with Gasteiger partial charge in [0.2, 0.25) is 0 Å². The van der Waals surface area contributed by atoms with Crippen molar-refractivity contribution in [1.82, 2.24) is 14.8 Å². The van der Waals surface area contributed by atoms with Gasteiger partial charge in [0.05, 0.1) is 30.7 Å². The summed E-state index contributed by atoms with van der Waals surface area (Å²) in [6, 6.07) is 14.6. The number of pyridine rings is 1. The standard InChI is InChI=1S/C33H43FN4O3/c1-7-41-31-20-26(40-6)11-12-27(31)29-14-13-28(32(36-29)22(2)3)33(39)38-18-17-37(23(4)5)16-8-15-35-30-19-25(34)10-9-24(30)21-38/h9-14,19-20,22-23,35H,7-8,15-18,21H2,1-6H3. The number of hydrogen-bond acceptors (Lipinski definition) is 6. The molecule has 2 aromatic carbocycles. The summed E-state index contributed by atoms with van der Waals surface area (Å²) in [5, 5.41) is 3.40. The molecule has 0 aliphatic carbocycles. The molecule has 1 aliphatic rings. The van der Waals surface area contributed by atoms with Gasteiger partial charge in [-0.25, -0.2) is 4.39 Å². The van der Waals surface area contributed by atoms with E-state index in [9.17, 15) is 9.18 Å². The summed E-state index contributed by atoms with van der Waals surface area (Å²) in [6.45, 7) is 14.2. The van der Waals surface area contributed by atoms with Crippen LogP contribution in [-0.4, -0.2) is 66.6 Å². The fourth-order valence-electron chi connectivity index (χ4n) is 5.22. The van der Waals surface area contributed by atoms with E-state index in [2.05, 4.69) is 37.9 Å². The summed E-state index contributed by atoms with van der Waals surface area (Å²) < 4.78 is 25.5. The summed E-state index contributed by atoms with van der Waals surface area (Å²) in [6.07, 6.45) is 0.931. The van der Waals surface area contributed by atoms with Crippen LogP contribution in [0.1, 0.15) is 68.6 Å². The molecule has 0 atom stereocenters. The number of nitrogens with one attached hydrogen (secondary N) is 1. The normalized spacial score (nSPS) is 14.8. The number of fused-ring (bicyclic) bond motifs is 1. The summed E-state index contributed by atoms with van der Waals surface area (Å²) in [5.74, 6) is 1.04. The van der Waals surface area contributed by atoms with Gasteiger partial charge in [-0.2, -0.15) is 0 Å². The van der Waals surface area contributed by atoms with Crippen molar-refractivity contribution in [3.63, 3.8) is 0 Å². The lowest BCUT2D eigenvalue weighted by Crippen LogP contribution is -2.41.